The molecule has 26 heavy (non-hydrogen) atoms. The molecular weight excluding hydrogens is 332 g/mol. The van der Waals surface area contributed by atoms with Gasteiger partial charge in [0.15, 0.2) is 12.7 Å². The average molecular weight is 352 g/mol. The van der Waals surface area contributed by atoms with Crippen LogP contribution >= 0.6 is 0 Å². The first kappa shape index (κ1) is 19.0. The first-order chi connectivity index (χ1) is 12.4. The van der Waals surface area contributed by atoms with E-state index < -0.39 is 18.0 Å². The number of esters is 1. The molecule has 0 radical (unpaired) electrons. The van der Waals surface area contributed by atoms with Gasteiger partial charge in [-0.2, -0.15) is 5.26 Å². The van der Waals surface area contributed by atoms with Gasteiger partial charge in [0, 0.05) is 5.69 Å². The van der Waals surface area contributed by atoms with Crippen LogP contribution in [-0.2, 0) is 14.3 Å². The minimum Gasteiger partial charge on any atom is -0.482 e. The summed E-state index contributed by atoms with van der Waals surface area (Å²) in [6.07, 6.45) is -0.990. The van der Waals surface area contributed by atoms with E-state index in [-0.39, 0.29) is 6.61 Å². The predicted molar refractivity (Wildman–Crippen MR) is 96.8 cm³/mol. The molecular formula is C20H20N2O4. The van der Waals surface area contributed by atoms with Crippen molar-refractivity contribution in [2.45, 2.75) is 26.9 Å². The zero-order chi connectivity index (χ0) is 19.1. The third-order valence-electron chi connectivity index (χ3n) is 3.61. The molecule has 0 bridgehead atoms. The lowest BCUT2D eigenvalue weighted by Gasteiger charge is -2.14. The van der Waals surface area contributed by atoms with Gasteiger partial charge >= 0.3 is 5.97 Å². The van der Waals surface area contributed by atoms with E-state index in [4.69, 9.17) is 14.7 Å². The second kappa shape index (κ2) is 8.67. The molecule has 0 unspecified atom stereocenters. The molecule has 0 saturated heterocycles. The fourth-order valence-corrected chi connectivity index (χ4v) is 2.29. The van der Waals surface area contributed by atoms with Crippen molar-refractivity contribution in [2.75, 3.05) is 11.9 Å². The molecule has 0 spiro atoms. The maximum atomic E-state index is 12.1. The Morgan fingerprint density at radius 2 is 1.96 bits per heavy atom. The van der Waals surface area contributed by atoms with E-state index in [9.17, 15) is 9.59 Å². The molecule has 2 aromatic carbocycles. The van der Waals surface area contributed by atoms with Gasteiger partial charge in [-0.3, -0.25) is 4.79 Å². The molecule has 1 atom stereocenters. The van der Waals surface area contributed by atoms with E-state index in [1.807, 2.05) is 32.0 Å². The fraction of sp³-hybridized carbons (Fsp3) is 0.250. The molecule has 2 aromatic rings. The molecule has 1 N–H and O–H groups in total. The van der Waals surface area contributed by atoms with Crippen molar-refractivity contribution >= 4 is 17.6 Å². The van der Waals surface area contributed by atoms with E-state index in [1.165, 1.54) is 13.0 Å². The van der Waals surface area contributed by atoms with Crippen LogP contribution in [0.5, 0.6) is 5.75 Å². The van der Waals surface area contributed by atoms with Gasteiger partial charge in [-0.05, 0) is 50.6 Å². The molecule has 6 heteroatoms. The summed E-state index contributed by atoms with van der Waals surface area (Å²) in [5.74, 6) is -0.531. The Balaban J connectivity index is 1.85. The van der Waals surface area contributed by atoms with E-state index in [0.717, 1.165) is 11.1 Å². The number of nitrogens with zero attached hydrogens (tertiary/aromatic N) is 1. The number of anilines is 1. The number of aryl methyl sites for hydroxylation is 2. The Labute approximate surface area is 152 Å². The lowest BCUT2D eigenvalue weighted by molar-refractivity contribution is -0.155. The van der Waals surface area contributed by atoms with E-state index in [2.05, 4.69) is 5.32 Å². The standard InChI is InChI=1S/C20H20N2O4/c1-13-7-8-18(14(2)9-13)25-12-19(23)26-15(3)20(24)22-17-6-4-5-16(10-17)11-21/h4-10,15H,12H2,1-3H3,(H,22,24)/t15-/m0/s1. The number of benzene rings is 2. The van der Waals surface area contributed by atoms with E-state index in [1.54, 1.807) is 24.3 Å². The average Bonchev–Trinajstić information content (AvgIpc) is 2.61. The highest BCUT2D eigenvalue weighted by atomic mass is 16.6. The van der Waals surface area contributed by atoms with Crippen LogP contribution in [-0.4, -0.2) is 24.6 Å². The maximum Gasteiger partial charge on any atom is 0.344 e. The number of ether oxygens (including phenoxy) is 2. The molecule has 0 aliphatic heterocycles. The van der Waals surface area contributed by atoms with Crippen LogP contribution in [0.2, 0.25) is 0 Å². The first-order valence-corrected chi connectivity index (χ1v) is 8.09. The summed E-state index contributed by atoms with van der Waals surface area (Å²) in [6.45, 7) is 5.04. The van der Waals surface area contributed by atoms with Gasteiger partial charge in [-0.1, -0.05) is 23.8 Å². The fourth-order valence-electron chi connectivity index (χ4n) is 2.29. The number of hydrogen-bond donors (Lipinski definition) is 1. The van der Waals surface area contributed by atoms with Gasteiger partial charge in [0.2, 0.25) is 0 Å². The van der Waals surface area contributed by atoms with Crippen molar-refractivity contribution in [3.63, 3.8) is 0 Å². The number of carbonyl (C=O) groups is 2. The van der Waals surface area contributed by atoms with Gasteiger partial charge in [-0.15, -0.1) is 0 Å². The molecule has 0 aliphatic carbocycles. The number of hydrogen-bond acceptors (Lipinski definition) is 5. The second-order valence-corrected chi connectivity index (χ2v) is 5.87. The van der Waals surface area contributed by atoms with Crippen LogP contribution in [0.1, 0.15) is 23.6 Å². The Kier molecular flexibility index (Phi) is 6.34. The van der Waals surface area contributed by atoms with Gasteiger partial charge in [0.05, 0.1) is 11.6 Å². The van der Waals surface area contributed by atoms with Crippen molar-refractivity contribution in [1.29, 1.82) is 5.26 Å². The predicted octanol–water partition coefficient (Wildman–Crippen LogP) is 3.12. The molecule has 2 rings (SSSR count). The minimum absolute atomic E-state index is 0.286. The quantitative estimate of drug-likeness (QED) is 0.807. The third kappa shape index (κ3) is 5.35. The number of carbonyl (C=O) groups excluding carboxylic acids is 2. The molecule has 0 fully saturated rings. The highest BCUT2D eigenvalue weighted by Crippen LogP contribution is 2.18. The highest BCUT2D eigenvalue weighted by Gasteiger charge is 2.18. The van der Waals surface area contributed by atoms with Crippen LogP contribution in [0.4, 0.5) is 5.69 Å². The van der Waals surface area contributed by atoms with Crippen molar-refractivity contribution in [3.05, 3.63) is 59.2 Å². The Bertz CT molecular complexity index is 855. The van der Waals surface area contributed by atoms with Crippen LogP contribution in [0, 0.1) is 25.2 Å². The van der Waals surface area contributed by atoms with Crippen molar-refractivity contribution in [2.24, 2.45) is 0 Å². The maximum absolute atomic E-state index is 12.1. The number of rotatable bonds is 6. The SMILES string of the molecule is Cc1ccc(OCC(=O)O[C@@H](C)C(=O)Nc2cccc(C#N)c2)c(C)c1. The number of nitrogens with one attached hydrogen (secondary N) is 1. The van der Waals surface area contributed by atoms with Crippen molar-refractivity contribution in [3.8, 4) is 11.8 Å². The first-order valence-electron chi connectivity index (χ1n) is 8.09. The summed E-state index contributed by atoms with van der Waals surface area (Å²) in [5, 5.41) is 11.5. The van der Waals surface area contributed by atoms with Gasteiger partial charge in [0.25, 0.3) is 5.91 Å². The van der Waals surface area contributed by atoms with Gasteiger partial charge < -0.3 is 14.8 Å². The van der Waals surface area contributed by atoms with Crippen LogP contribution in [0.15, 0.2) is 42.5 Å². The van der Waals surface area contributed by atoms with E-state index >= 15 is 0 Å². The zero-order valence-corrected chi connectivity index (χ0v) is 14.9. The molecule has 0 saturated carbocycles. The molecule has 0 heterocycles. The molecule has 1 amide bonds. The van der Waals surface area contributed by atoms with Gasteiger partial charge in [-0.25, -0.2) is 4.79 Å². The smallest absolute Gasteiger partial charge is 0.344 e. The number of amides is 1. The van der Waals surface area contributed by atoms with Crippen LogP contribution in [0.25, 0.3) is 0 Å². The monoisotopic (exact) mass is 352 g/mol. The Hall–Kier alpha value is -3.33. The summed E-state index contributed by atoms with van der Waals surface area (Å²) in [6, 6.07) is 14.1. The summed E-state index contributed by atoms with van der Waals surface area (Å²) in [7, 11) is 0. The molecule has 0 aliphatic rings. The topological polar surface area (TPSA) is 88.4 Å². The summed E-state index contributed by atoms with van der Waals surface area (Å²) >= 11 is 0. The zero-order valence-electron chi connectivity index (χ0n) is 14.9. The van der Waals surface area contributed by atoms with Crippen LogP contribution < -0.4 is 10.1 Å². The second-order valence-electron chi connectivity index (χ2n) is 5.87. The normalized spacial score (nSPS) is 11.2. The Morgan fingerprint density at radius 3 is 2.65 bits per heavy atom. The van der Waals surface area contributed by atoms with Crippen LogP contribution in [0.3, 0.4) is 0 Å². The van der Waals surface area contributed by atoms with Gasteiger partial charge in [0.1, 0.15) is 5.75 Å². The van der Waals surface area contributed by atoms with Crippen molar-refractivity contribution < 1.29 is 19.1 Å². The highest BCUT2D eigenvalue weighted by molar-refractivity contribution is 5.95. The summed E-state index contributed by atoms with van der Waals surface area (Å²) in [5.41, 5.74) is 2.90. The molecule has 134 valence electrons. The third-order valence-corrected chi connectivity index (χ3v) is 3.61. The Morgan fingerprint density at radius 1 is 1.19 bits per heavy atom. The summed E-state index contributed by atoms with van der Waals surface area (Å²) in [4.78, 5) is 24.0. The number of nitriles is 1. The lowest BCUT2D eigenvalue weighted by atomic mass is 10.1. The lowest BCUT2D eigenvalue weighted by Crippen LogP contribution is -2.31. The molecule has 6 nitrogen and oxygen atoms in total. The van der Waals surface area contributed by atoms with Crippen molar-refractivity contribution in [1.82, 2.24) is 0 Å². The molecule has 0 aromatic heterocycles. The summed E-state index contributed by atoms with van der Waals surface area (Å²) < 4.78 is 10.5. The largest absolute Gasteiger partial charge is 0.482 e. The minimum atomic E-state index is -0.990. The van der Waals surface area contributed by atoms with E-state index in [0.29, 0.717) is 17.0 Å².